The molecule has 0 amide bonds. The zero-order valence-electron chi connectivity index (χ0n) is 10.4. The van der Waals surface area contributed by atoms with Gasteiger partial charge in [-0.15, -0.1) is 0 Å². The first-order valence-electron chi connectivity index (χ1n) is 7.00. The van der Waals surface area contributed by atoms with Gasteiger partial charge >= 0.3 is 0 Å². The van der Waals surface area contributed by atoms with Crippen LogP contribution in [0.1, 0.15) is 57.8 Å². The molecular weight excluding hydrogens is 278 g/mol. The van der Waals surface area contributed by atoms with Gasteiger partial charge in [0.1, 0.15) is 0 Å². The fourth-order valence-corrected chi connectivity index (χ4v) is 4.38. The van der Waals surface area contributed by atoms with E-state index in [1.54, 1.807) is 6.08 Å². The first-order valence-corrected chi connectivity index (χ1v) is 7.92. The van der Waals surface area contributed by atoms with Gasteiger partial charge in [-0.2, -0.15) is 0 Å². The van der Waals surface area contributed by atoms with Crippen molar-refractivity contribution in [1.29, 1.82) is 0 Å². The second kappa shape index (κ2) is 6.70. The Morgan fingerprint density at radius 3 is 2.53 bits per heavy atom. The number of halogens is 1. The third-order valence-electron chi connectivity index (χ3n) is 4.48. The summed E-state index contributed by atoms with van der Waals surface area (Å²) in [6.45, 7) is 0. The minimum Gasteiger partial charge on any atom is -0.211 e. The second-order valence-corrected chi connectivity index (χ2v) is 6.88. The molecule has 0 N–H and O–H groups in total. The highest BCUT2D eigenvalue weighted by Crippen LogP contribution is 2.38. The Balaban J connectivity index is 1.80. The maximum Gasteiger partial charge on any atom is 0.235 e. The highest BCUT2D eigenvalue weighted by molar-refractivity contribution is 9.09. The van der Waals surface area contributed by atoms with Crippen LogP contribution in [0, 0.1) is 11.8 Å². The fourth-order valence-electron chi connectivity index (χ4n) is 3.47. The summed E-state index contributed by atoms with van der Waals surface area (Å²) in [6.07, 6.45) is 13.6. The highest BCUT2D eigenvalue weighted by Gasteiger charge is 2.30. The normalized spacial score (nSPS) is 35.2. The van der Waals surface area contributed by atoms with Gasteiger partial charge in [0.15, 0.2) is 0 Å². The quantitative estimate of drug-likeness (QED) is 0.436. The van der Waals surface area contributed by atoms with Gasteiger partial charge in [0, 0.05) is 4.83 Å². The van der Waals surface area contributed by atoms with Crippen molar-refractivity contribution in [3.05, 3.63) is 0 Å². The molecule has 2 saturated carbocycles. The number of hydrogen-bond donors (Lipinski definition) is 0. The van der Waals surface area contributed by atoms with Crippen LogP contribution < -0.4 is 0 Å². The minimum atomic E-state index is 0.222. The second-order valence-electron chi connectivity index (χ2n) is 5.70. The number of aliphatic imine (C=N–C) groups is 1. The Hall–Kier alpha value is -0.140. The molecule has 0 bridgehead atoms. The molecule has 0 heterocycles. The van der Waals surface area contributed by atoms with Crippen LogP contribution in [-0.4, -0.2) is 16.9 Å². The van der Waals surface area contributed by atoms with E-state index in [2.05, 4.69) is 20.9 Å². The molecule has 2 aliphatic rings. The zero-order valence-corrected chi connectivity index (χ0v) is 12.0. The van der Waals surface area contributed by atoms with Crippen molar-refractivity contribution in [2.75, 3.05) is 0 Å². The standard InChI is InChI=1S/C14H22BrNO/c15-14-9-13(16-10-17)7-6-12(14)8-11-4-2-1-3-5-11/h11-14H,1-9H2. The summed E-state index contributed by atoms with van der Waals surface area (Å²) in [7, 11) is 0. The van der Waals surface area contributed by atoms with E-state index in [-0.39, 0.29) is 6.04 Å². The Kier molecular flexibility index (Phi) is 5.24. The van der Waals surface area contributed by atoms with Crippen LogP contribution in [0.5, 0.6) is 0 Å². The number of alkyl halides is 1. The molecule has 0 saturated heterocycles. The molecule has 0 aromatic heterocycles. The SMILES string of the molecule is O=C=NC1CCC(CC2CCCCC2)C(Br)C1. The molecule has 2 aliphatic carbocycles. The van der Waals surface area contributed by atoms with Gasteiger partial charge in [-0.25, -0.2) is 9.79 Å². The molecule has 2 rings (SSSR count). The van der Waals surface area contributed by atoms with E-state index >= 15 is 0 Å². The average Bonchev–Trinajstić information content (AvgIpc) is 2.34. The smallest absolute Gasteiger partial charge is 0.211 e. The highest BCUT2D eigenvalue weighted by atomic mass is 79.9. The maximum atomic E-state index is 10.3. The molecule has 3 atom stereocenters. The minimum absolute atomic E-state index is 0.222. The molecule has 0 spiro atoms. The van der Waals surface area contributed by atoms with E-state index in [1.807, 2.05) is 0 Å². The lowest BCUT2D eigenvalue weighted by molar-refractivity contribution is 0.243. The number of rotatable bonds is 3. The van der Waals surface area contributed by atoms with Crippen molar-refractivity contribution in [2.45, 2.75) is 68.7 Å². The Labute approximate surface area is 112 Å². The van der Waals surface area contributed by atoms with E-state index in [1.165, 1.54) is 44.9 Å². The topological polar surface area (TPSA) is 29.4 Å². The first-order chi connectivity index (χ1) is 8.29. The van der Waals surface area contributed by atoms with Gasteiger partial charge in [-0.05, 0) is 37.5 Å². The molecule has 96 valence electrons. The van der Waals surface area contributed by atoms with Crippen LogP contribution in [0.3, 0.4) is 0 Å². The van der Waals surface area contributed by atoms with Crippen molar-refractivity contribution in [3.63, 3.8) is 0 Å². The Morgan fingerprint density at radius 2 is 1.88 bits per heavy atom. The number of isocyanates is 1. The molecule has 0 aromatic rings. The Morgan fingerprint density at radius 1 is 1.12 bits per heavy atom. The van der Waals surface area contributed by atoms with Gasteiger partial charge in [0.2, 0.25) is 6.08 Å². The van der Waals surface area contributed by atoms with Crippen LogP contribution in [0.4, 0.5) is 0 Å². The average molecular weight is 300 g/mol. The summed E-state index contributed by atoms with van der Waals surface area (Å²) < 4.78 is 0. The van der Waals surface area contributed by atoms with Gasteiger partial charge in [0.05, 0.1) is 6.04 Å². The lowest BCUT2D eigenvalue weighted by Gasteiger charge is -2.34. The third kappa shape index (κ3) is 3.93. The summed E-state index contributed by atoms with van der Waals surface area (Å²) in [5.41, 5.74) is 0. The van der Waals surface area contributed by atoms with Crippen LogP contribution in [-0.2, 0) is 4.79 Å². The summed E-state index contributed by atoms with van der Waals surface area (Å²) in [5, 5.41) is 0. The van der Waals surface area contributed by atoms with Crippen LogP contribution in [0.25, 0.3) is 0 Å². The molecular formula is C14H22BrNO. The lowest BCUT2D eigenvalue weighted by atomic mass is 9.76. The molecule has 2 fully saturated rings. The summed E-state index contributed by atoms with van der Waals surface area (Å²) in [5.74, 6) is 1.76. The summed E-state index contributed by atoms with van der Waals surface area (Å²) in [4.78, 5) is 14.7. The molecule has 17 heavy (non-hydrogen) atoms. The molecule has 3 unspecified atom stereocenters. The van der Waals surface area contributed by atoms with E-state index in [9.17, 15) is 4.79 Å². The molecule has 0 aliphatic heterocycles. The number of nitrogens with zero attached hydrogens (tertiary/aromatic N) is 1. The summed E-state index contributed by atoms with van der Waals surface area (Å²) >= 11 is 3.80. The molecule has 0 radical (unpaired) electrons. The van der Waals surface area contributed by atoms with Crippen molar-refractivity contribution in [2.24, 2.45) is 16.8 Å². The van der Waals surface area contributed by atoms with Crippen LogP contribution in [0.15, 0.2) is 4.99 Å². The van der Waals surface area contributed by atoms with Crippen LogP contribution >= 0.6 is 15.9 Å². The third-order valence-corrected chi connectivity index (χ3v) is 5.60. The molecule has 0 aromatic carbocycles. The van der Waals surface area contributed by atoms with Gasteiger partial charge < -0.3 is 0 Å². The first kappa shape index (κ1) is 13.3. The predicted molar refractivity (Wildman–Crippen MR) is 73.2 cm³/mol. The molecule has 3 heteroatoms. The number of hydrogen-bond acceptors (Lipinski definition) is 2. The van der Waals surface area contributed by atoms with Crippen molar-refractivity contribution < 1.29 is 4.79 Å². The van der Waals surface area contributed by atoms with Crippen molar-refractivity contribution in [3.8, 4) is 0 Å². The van der Waals surface area contributed by atoms with E-state index in [0.717, 1.165) is 24.7 Å². The van der Waals surface area contributed by atoms with Crippen molar-refractivity contribution >= 4 is 22.0 Å². The van der Waals surface area contributed by atoms with Gasteiger partial charge in [-0.1, -0.05) is 48.0 Å². The summed E-state index contributed by atoms with van der Waals surface area (Å²) in [6, 6.07) is 0.222. The lowest BCUT2D eigenvalue weighted by Crippen LogP contribution is -2.29. The molecule has 2 nitrogen and oxygen atoms in total. The van der Waals surface area contributed by atoms with Crippen LogP contribution in [0.2, 0.25) is 0 Å². The Bertz CT molecular complexity index is 282. The largest absolute Gasteiger partial charge is 0.235 e. The zero-order chi connectivity index (χ0) is 12.1. The van der Waals surface area contributed by atoms with E-state index in [0.29, 0.717) is 4.83 Å². The monoisotopic (exact) mass is 299 g/mol. The van der Waals surface area contributed by atoms with Crippen molar-refractivity contribution in [1.82, 2.24) is 0 Å². The van der Waals surface area contributed by atoms with Gasteiger partial charge in [-0.3, -0.25) is 0 Å². The van der Waals surface area contributed by atoms with E-state index in [4.69, 9.17) is 0 Å². The fraction of sp³-hybridized carbons (Fsp3) is 0.929. The van der Waals surface area contributed by atoms with Gasteiger partial charge in [0.25, 0.3) is 0 Å². The van der Waals surface area contributed by atoms with E-state index < -0.39 is 0 Å². The maximum absolute atomic E-state index is 10.3. The predicted octanol–water partition coefficient (Wildman–Crippen LogP) is 4.22. The number of carbonyl (C=O) groups excluding carboxylic acids is 1.